The summed E-state index contributed by atoms with van der Waals surface area (Å²) in [5.74, 6) is 0.730. The molecule has 1 aliphatic rings. The van der Waals surface area contributed by atoms with Crippen LogP contribution in [0, 0.1) is 10.1 Å². The van der Waals surface area contributed by atoms with Gasteiger partial charge in [-0.2, -0.15) is 0 Å². The van der Waals surface area contributed by atoms with Crippen molar-refractivity contribution in [1.82, 2.24) is 19.8 Å². The molecule has 4 aromatic rings. The van der Waals surface area contributed by atoms with Gasteiger partial charge >= 0.3 is 0 Å². The lowest BCUT2D eigenvalue weighted by molar-refractivity contribution is -0.384. The Bertz CT molecular complexity index is 1600. The molecule has 5 rings (SSSR count). The quantitative estimate of drug-likeness (QED) is 0.142. The number of ether oxygens (including phenoxy) is 1. The molecule has 1 saturated heterocycles. The van der Waals surface area contributed by atoms with E-state index in [1.807, 2.05) is 23.1 Å². The van der Waals surface area contributed by atoms with Crippen molar-refractivity contribution in [2.24, 2.45) is 5.73 Å². The summed E-state index contributed by atoms with van der Waals surface area (Å²) in [5, 5.41) is 14.0. The Hall–Kier alpha value is -4.55. The molecule has 2 aromatic carbocycles. The molecule has 43 heavy (non-hydrogen) atoms. The Labute approximate surface area is 249 Å². The molecule has 0 spiro atoms. The number of aryl methyl sites for hydroxylation is 1. The fourth-order valence-electron chi connectivity index (χ4n) is 5.60. The topological polar surface area (TPSA) is 159 Å². The monoisotopic (exact) mass is 588 g/mol. The number of hydrogen-bond donors (Lipinski definition) is 2. The minimum Gasteiger partial charge on any atom is -0.451 e. The van der Waals surface area contributed by atoms with E-state index in [4.69, 9.17) is 19.9 Å². The number of nitrogens with zero attached hydrogens (tertiary/aromatic N) is 4. The predicted octanol–water partition coefficient (Wildman–Crippen LogP) is 4.09. The number of benzene rings is 2. The number of nitrogens with one attached hydrogen (secondary N) is 1. The number of nitro benzene ring substituents is 1. The van der Waals surface area contributed by atoms with Gasteiger partial charge in [-0.15, -0.1) is 0 Å². The summed E-state index contributed by atoms with van der Waals surface area (Å²) >= 11 is 0. The zero-order valence-corrected chi connectivity index (χ0v) is 24.1. The van der Waals surface area contributed by atoms with E-state index in [0.29, 0.717) is 19.7 Å². The minimum atomic E-state index is -0.597. The van der Waals surface area contributed by atoms with Crippen LogP contribution in [0.15, 0.2) is 65.1 Å². The number of methoxy groups -OCH3 is 1. The molecular weight excluding hydrogens is 552 g/mol. The van der Waals surface area contributed by atoms with Crippen LogP contribution in [0.2, 0.25) is 0 Å². The van der Waals surface area contributed by atoms with Crippen molar-refractivity contribution in [1.29, 1.82) is 0 Å². The van der Waals surface area contributed by atoms with Gasteiger partial charge in [0.05, 0.1) is 21.5 Å². The Balaban J connectivity index is 1.17. The fourth-order valence-corrected chi connectivity index (χ4v) is 5.60. The van der Waals surface area contributed by atoms with E-state index >= 15 is 0 Å². The van der Waals surface area contributed by atoms with Gasteiger partial charge in [0.25, 0.3) is 11.6 Å². The van der Waals surface area contributed by atoms with Crippen LogP contribution >= 0.6 is 0 Å². The van der Waals surface area contributed by atoms with E-state index < -0.39 is 16.9 Å². The number of hydrogen-bond acceptors (Lipinski definition) is 8. The van der Waals surface area contributed by atoms with Crippen LogP contribution in [0.25, 0.3) is 22.4 Å². The SMILES string of the molecule is COCCCn1c([C@@H]2CCCN(C(=O)C[C@@H](N)CNC(=O)c3ccc(-c4ccccc4[N+](=O)[O-])o3)C2)nc2ccccc21. The second-order valence-electron chi connectivity index (χ2n) is 10.7. The molecular formula is C31H36N6O6. The zero-order chi connectivity index (χ0) is 30.3. The summed E-state index contributed by atoms with van der Waals surface area (Å²) in [5.41, 5.74) is 8.44. The highest BCUT2D eigenvalue weighted by Gasteiger charge is 2.29. The summed E-state index contributed by atoms with van der Waals surface area (Å²) < 4.78 is 13.1. The van der Waals surface area contributed by atoms with Crippen LogP contribution in [0.4, 0.5) is 5.69 Å². The second-order valence-corrected chi connectivity index (χ2v) is 10.7. The van der Waals surface area contributed by atoms with Crippen LogP contribution in [0.5, 0.6) is 0 Å². The third-order valence-corrected chi connectivity index (χ3v) is 7.71. The average Bonchev–Trinajstić information content (AvgIpc) is 3.66. The number of imidazole rings is 1. The minimum absolute atomic E-state index is 0.000983. The smallest absolute Gasteiger partial charge is 0.287 e. The van der Waals surface area contributed by atoms with E-state index in [2.05, 4.69) is 16.0 Å². The summed E-state index contributed by atoms with van der Waals surface area (Å²) in [6.07, 6.45) is 2.75. The standard InChI is InChI=1S/C31H36N6O6/c1-42-17-7-16-36-26-12-5-3-10-24(26)34-30(36)21-8-6-15-35(20-21)29(38)18-22(32)19-33-31(39)28-14-13-27(43-28)23-9-2-4-11-25(23)37(40)41/h2-5,9-14,21-22H,6-8,15-20,32H2,1H3,(H,33,39)/t21-,22-/m1/s1. The lowest BCUT2D eigenvalue weighted by Crippen LogP contribution is -2.45. The average molecular weight is 589 g/mol. The Morgan fingerprint density at radius 2 is 1.98 bits per heavy atom. The molecule has 1 aliphatic heterocycles. The molecule has 1 fully saturated rings. The summed E-state index contributed by atoms with van der Waals surface area (Å²) in [7, 11) is 1.70. The first-order chi connectivity index (χ1) is 20.9. The number of nitrogens with two attached hydrogens (primary N) is 1. The third kappa shape index (κ3) is 6.92. The molecule has 2 aromatic heterocycles. The van der Waals surface area contributed by atoms with Crippen molar-refractivity contribution in [2.75, 3.05) is 33.4 Å². The van der Waals surface area contributed by atoms with Crippen LogP contribution in [-0.2, 0) is 16.1 Å². The van der Waals surface area contributed by atoms with Gasteiger partial charge in [0.15, 0.2) is 5.76 Å². The van der Waals surface area contributed by atoms with Gasteiger partial charge in [0.1, 0.15) is 11.6 Å². The maximum absolute atomic E-state index is 13.2. The van der Waals surface area contributed by atoms with Crippen molar-refractivity contribution in [3.8, 4) is 11.3 Å². The molecule has 0 bridgehead atoms. The van der Waals surface area contributed by atoms with Crippen LogP contribution in [0.1, 0.15) is 48.0 Å². The predicted molar refractivity (Wildman–Crippen MR) is 161 cm³/mol. The van der Waals surface area contributed by atoms with Gasteiger partial charge in [0.2, 0.25) is 5.91 Å². The molecule has 2 amide bonds. The van der Waals surface area contributed by atoms with E-state index in [9.17, 15) is 19.7 Å². The first-order valence-electron chi connectivity index (χ1n) is 14.4. The Morgan fingerprint density at radius 3 is 2.79 bits per heavy atom. The first kappa shape index (κ1) is 29.9. The molecule has 2 atom stereocenters. The van der Waals surface area contributed by atoms with Gasteiger partial charge in [0, 0.05) is 64.3 Å². The maximum Gasteiger partial charge on any atom is 0.287 e. The molecule has 0 unspecified atom stereocenters. The lowest BCUT2D eigenvalue weighted by Gasteiger charge is -2.33. The fraction of sp³-hybridized carbons (Fsp3) is 0.387. The molecule has 12 nitrogen and oxygen atoms in total. The number of aromatic nitrogens is 2. The Kier molecular flexibility index (Phi) is 9.48. The summed E-state index contributed by atoms with van der Waals surface area (Å²) in [6, 6.07) is 16.6. The number of amides is 2. The van der Waals surface area contributed by atoms with Crippen LogP contribution < -0.4 is 11.1 Å². The highest BCUT2D eigenvalue weighted by molar-refractivity contribution is 5.92. The van der Waals surface area contributed by atoms with Crippen molar-refractivity contribution in [3.63, 3.8) is 0 Å². The zero-order valence-electron chi connectivity index (χ0n) is 24.1. The number of piperidine rings is 1. The highest BCUT2D eigenvalue weighted by atomic mass is 16.6. The van der Waals surface area contributed by atoms with Crippen LogP contribution in [0.3, 0.4) is 0 Å². The number of carbonyl (C=O) groups excluding carboxylic acids is 2. The van der Waals surface area contributed by atoms with Crippen molar-refractivity contribution >= 4 is 28.5 Å². The van der Waals surface area contributed by atoms with E-state index in [1.54, 1.807) is 25.3 Å². The number of furan rings is 1. The number of para-hydroxylation sites is 3. The van der Waals surface area contributed by atoms with E-state index in [-0.39, 0.29) is 47.6 Å². The highest BCUT2D eigenvalue weighted by Crippen LogP contribution is 2.31. The number of likely N-dealkylation sites (tertiary alicyclic amines) is 1. The van der Waals surface area contributed by atoms with E-state index in [1.165, 1.54) is 18.2 Å². The summed E-state index contributed by atoms with van der Waals surface area (Å²) in [4.78, 5) is 43.6. The molecule has 12 heteroatoms. The van der Waals surface area contributed by atoms with E-state index in [0.717, 1.165) is 42.7 Å². The molecule has 0 saturated carbocycles. The lowest BCUT2D eigenvalue weighted by atomic mass is 9.96. The normalized spacial score (nSPS) is 15.9. The van der Waals surface area contributed by atoms with Crippen molar-refractivity contribution in [2.45, 2.75) is 44.2 Å². The number of nitro groups is 1. The molecule has 0 aliphatic carbocycles. The van der Waals surface area contributed by atoms with Gasteiger partial charge in [-0.05, 0) is 49.6 Å². The molecule has 0 radical (unpaired) electrons. The number of carbonyl (C=O) groups is 2. The van der Waals surface area contributed by atoms with Gasteiger partial charge in [-0.25, -0.2) is 4.98 Å². The number of rotatable bonds is 12. The largest absolute Gasteiger partial charge is 0.451 e. The van der Waals surface area contributed by atoms with Gasteiger partial charge in [-0.3, -0.25) is 19.7 Å². The van der Waals surface area contributed by atoms with Gasteiger partial charge in [-0.1, -0.05) is 24.3 Å². The first-order valence-corrected chi connectivity index (χ1v) is 14.4. The molecule has 3 heterocycles. The summed E-state index contributed by atoms with van der Waals surface area (Å²) in [6.45, 7) is 2.73. The van der Waals surface area contributed by atoms with Crippen molar-refractivity contribution < 1.29 is 23.7 Å². The van der Waals surface area contributed by atoms with Crippen LogP contribution in [-0.4, -0.2) is 70.6 Å². The van der Waals surface area contributed by atoms with Gasteiger partial charge < -0.3 is 29.7 Å². The molecule has 226 valence electrons. The van der Waals surface area contributed by atoms with Crippen molar-refractivity contribution in [3.05, 3.63) is 82.4 Å². The third-order valence-electron chi connectivity index (χ3n) is 7.71. The Morgan fingerprint density at radius 1 is 1.19 bits per heavy atom. The second kappa shape index (κ2) is 13.6. The molecule has 3 N–H and O–H groups in total. The number of fused-ring (bicyclic) bond motifs is 1. The maximum atomic E-state index is 13.2.